The Morgan fingerprint density at radius 2 is 1.88 bits per heavy atom. The molecule has 4 N–H and O–H groups in total. The number of halogens is 1. The van der Waals surface area contributed by atoms with Gasteiger partial charge in [0.1, 0.15) is 16.6 Å². The third-order valence-electron chi connectivity index (χ3n) is 6.00. The minimum absolute atomic E-state index is 0.0657. The third-order valence-corrected chi connectivity index (χ3v) is 7.50. The molecule has 0 unspecified atom stereocenters. The van der Waals surface area contributed by atoms with Gasteiger partial charge in [0, 0.05) is 26.1 Å². The zero-order valence-electron chi connectivity index (χ0n) is 22.7. The Morgan fingerprint density at radius 3 is 2.55 bits per heavy atom. The van der Waals surface area contributed by atoms with Crippen LogP contribution < -0.4 is 20.5 Å². The highest BCUT2D eigenvalue weighted by Crippen LogP contribution is 2.23. The minimum Gasteiger partial charge on any atom is -0.497 e. The number of imidazole rings is 1. The lowest BCUT2D eigenvalue weighted by Crippen LogP contribution is -2.24. The van der Waals surface area contributed by atoms with Gasteiger partial charge in [-0.2, -0.15) is 0 Å². The molecule has 1 heterocycles. The van der Waals surface area contributed by atoms with Crippen molar-refractivity contribution in [2.75, 3.05) is 7.11 Å². The van der Waals surface area contributed by atoms with Crippen molar-refractivity contribution in [3.8, 4) is 5.75 Å². The second-order valence-electron chi connectivity index (χ2n) is 9.15. The van der Waals surface area contributed by atoms with Gasteiger partial charge in [0.25, 0.3) is 0 Å². The number of nitrogens with one attached hydrogen (secondary N) is 2. The van der Waals surface area contributed by atoms with Gasteiger partial charge in [0.05, 0.1) is 24.0 Å². The third kappa shape index (κ3) is 9.22. The van der Waals surface area contributed by atoms with Crippen LogP contribution in [0.15, 0.2) is 71.3 Å². The first-order valence-corrected chi connectivity index (χ1v) is 14.6. The predicted molar refractivity (Wildman–Crippen MR) is 158 cm³/mol. The lowest BCUT2D eigenvalue weighted by molar-refractivity contribution is -0.121. The molecule has 2 aromatic carbocycles. The van der Waals surface area contributed by atoms with Crippen LogP contribution in [0.5, 0.6) is 5.75 Å². The normalized spacial score (nSPS) is 11.8. The Kier molecular flexibility index (Phi) is 11.3. The number of amides is 1. The fraction of sp³-hybridized carbons (Fsp3) is 0.321. The quantitative estimate of drug-likeness (QED) is 0.177. The maximum absolute atomic E-state index is 12.7. The van der Waals surface area contributed by atoms with Gasteiger partial charge in [0.2, 0.25) is 15.9 Å². The van der Waals surface area contributed by atoms with E-state index in [1.165, 1.54) is 12.1 Å². The number of methoxy groups -OCH3 is 1. The summed E-state index contributed by atoms with van der Waals surface area (Å²) in [5, 5.41) is 3.26. The molecule has 0 aliphatic heterocycles. The average Bonchev–Trinajstić information content (AvgIpc) is 3.32. The van der Waals surface area contributed by atoms with Crippen molar-refractivity contribution in [2.24, 2.45) is 10.7 Å². The molecule has 10 nitrogen and oxygen atoms in total. The number of hydrogen-bond donors (Lipinski definition) is 3. The molecule has 3 aromatic rings. The molecular formula is C28H35ClN6O4S. The van der Waals surface area contributed by atoms with Crippen LogP contribution in [0.4, 0.5) is 5.82 Å². The van der Waals surface area contributed by atoms with E-state index in [4.69, 9.17) is 22.1 Å². The smallest absolute Gasteiger partial charge is 0.240 e. The monoisotopic (exact) mass is 586 g/mol. The van der Waals surface area contributed by atoms with Gasteiger partial charge in [-0.05, 0) is 55.2 Å². The summed E-state index contributed by atoms with van der Waals surface area (Å²) < 4.78 is 35.0. The molecule has 40 heavy (non-hydrogen) atoms. The summed E-state index contributed by atoms with van der Waals surface area (Å²) in [5.74, 6) is 1.17. The number of unbranched alkanes of at least 4 members (excludes halogenated alkanes) is 2. The first kappa shape index (κ1) is 30.9. The number of rotatable bonds is 15. The number of aliphatic imine (C=N–C) groups is 1. The molecule has 12 heteroatoms. The number of nitrogens with zero attached hydrogens (tertiary/aromatic N) is 3. The summed E-state index contributed by atoms with van der Waals surface area (Å²) in [7, 11) is -2.12. The number of sulfonamides is 1. The summed E-state index contributed by atoms with van der Waals surface area (Å²) in [6.45, 7) is 6.53. The molecule has 0 fully saturated rings. The Bertz CT molecular complexity index is 1450. The number of carbonyl (C=O) groups is 1. The van der Waals surface area contributed by atoms with Crippen molar-refractivity contribution >= 4 is 44.2 Å². The highest BCUT2D eigenvalue weighted by molar-refractivity contribution is 7.89. The van der Waals surface area contributed by atoms with Gasteiger partial charge >= 0.3 is 0 Å². The largest absolute Gasteiger partial charge is 0.497 e. The van der Waals surface area contributed by atoms with Gasteiger partial charge in [0.15, 0.2) is 5.82 Å². The SMILES string of the molecule is C=C(N)c1ncn(CCCCCC(=O)NCc2ccc(S(=O)(=O)NCc3cccc(OC)c3)cc2)c1/N=C(\C)Cl. The average molecular weight is 587 g/mol. The van der Waals surface area contributed by atoms with Gasteiger partial charge in [-0.25, -0.2) is 23.1 Å². The van der Waals surface area contributed by atoms with Gasteiger partial charge in [-0.15, -0.1) is 0 Å². The first-order chi connectivity index (χ1) is 19.1. The number of hydrogen-bond acceptors (Lipinski definition) is 7. The maximum Gasteiger partial charge on any atom is 0.240 e. The number of ether oxygens (including phenoxy) is 1. The Hall–Kier alpha value is -3.67. The lowest BCUT2D eigenvalue weighted by Gasteiger charge is -2.10. The van der Waals surface area contributed by atoms with Gasteiger partial charge in [-0.3, -0.25) is 4.79 Å². The van der Waals surface area contributed by atoms with Crippen molar-refractivity contribution in [3.63, 3.8) is 0 Å². The van der Waals surface area contributed by atoms with E-state index in [9.17, 15) is 13.2 Å². The number of benzene rings is 2. The maximum atomic E-state index is 12.7. The molecule has 0 atom stereocenters. The fourth-order valence-corrected chi connectivity index (χ4v) is 4.99. The van der Waals surface area contributed by atoms with Crippen molar-refractivity contribution in [1.82, 2.24) is 19.6 Å². The molecule has 3 rings (SSSR count). The van der Waals surface area contributed by atoms with Crippen LogP contribution in [0.1, 0.15) is 49.4 Å². The van der Waals surface area contributed by atoms with E-state index < -0.39 is 10.0 Å². The van der Waals surface area contributed by atoms with Crippen LogP contribution >= 0.6 is 11.6 Å². The topological polar surface area (TPSA) is 141 Å². The van der Waals surface area contributed by atoms with E-state index in [1.807, 2.05) is 10.6 Å². The van der Waals surface area contributed by atoms with Crippen LogP contribution in [0, 0.1) is 0 Å². The molecule has 0 spiro atoms. The van der Waals surface area contributed by atoms with Crippen LogP contribution in [-0.2, 0) is 34.5 Å². The standard InChI is InChI=1S/C28H35ClN6O4S/c1-20(30)27-28(34-21(2)29)35(19-32-27)15-6-4-5-10-26(36)31-17-22-11-13-25(14-12-22)40(37,38)33-18-23-8-7-9-24(16-23)39-3/h7-9,11-14,16,19,33H,1,4-6,10,15,17-18,30H2,2-3H3,(H,31,36)/b34-21+. The van der Waals surface area contributed by atoms with E-state index in [1.54, 1.807) is 50.7 Å². The number of carbonyl (C=O) groups excluding carboxylic acids is 1. The van der Waals surface area contributed by atoms with E-state index >= 15 is 0 Å². The summed E-state index contributed by atoms with van der Waals surface area (Å²) in [5.41, 5.74) is 8.22. The molecule has 214 valence electrons. The van der Waals surface area contributed by atoms with Gasteiger partial charge < -0.3 is 20.4 Å². The van der Waals surface area contributed by atoms with Crippen molar-refractivity contribution < 1.29 is 17.9 Å². The van der Waals surface area contributed by atoms with Crippen LogP contribution in [0.25, 0.3) is 5.70 Å². The number of aryl methyl sites for hydroxylation is 1. The first-order valence-electron chi connectivity index (χ1n) is 12.8. The van der Waals surface area contributed by atoms with E-state index in [0.717, 1.165) is 30.4 Å². The van der Waals surface area contributed by atoms with Crippen molar-refractivity contribution in [2.45, 2.75) is 57.1 Å². The summed E-state index contributed by atoms with van der Waals surface area (Å²) in [6, 6.07) is 13.6. The van der Waals surface area contributed by atoms with Gasteiger partial charge in [-0.1, -0.05) is 48.9 Å². The minimum atomic E-state index is -3.68. The molecule has 0 radical (unpaired) electrons. The Morgan fingerprint density at radius 1 is 1.12 bits per heavy atom. The molecule has 0 aliphatic rings. The Labute approximate surface area is 240 Å². The van der Waals surface area contributed by atoms with Crippen LogP contribution in [0.2, 0.25) is 0 Å². The van der Waals surface area contributed by atoms with E-state index in [2.05, 4.69) is 26.6 Å². The summed E-state index contributed by atoms with van der Waals surface area (Å²) >= 11 is 5.94. The number of aromatic nitrogens is 2. The predicted octanol–water partition coefficient (Wildman–Crippen LogP) is 4.47. The zero-order valence-corrected chi connectivity index (χ0v) is 24.3. The van der Waals surface area contributed by atoms with Crippen LogP contribution in [0.3, 0.4) is 0 Å². The summed E-state index contributed by atoms with van der Waals surface area (Å²) in [6.07, 6.45) is 4.43. The number of nitrogens with two attached hydrogens (primary N) is 1. The highest BCUT2D eigenvalue weighted by atomic mass is 35.5. The second kappa shape index (κ2) is 14.6. The van der Waals surface area contributed by atoms with E-state index in [-0.39, 0.29) is 17.3 Å². The van der Waals surface area contributed by atoms with Crippen molar-refractivity contribution in [3.05, 3.63) is 78.3 Å². The molecule has 0 saturated carbocycles. The summed E-state index contributed by atoms with van der Waals surface area (Å²) in [4.78, 5) is 21.0. The zero-order chi connectivity index (χ0) is 29.1. The molecular weight excluding hydrogens is 552 g/mol. The fourth-order valence-electron chi connectivity index (χ4n) is 3.89. The Balaban J connectivity index is 1.40. The second-order valence-corrected chi connectivity index (χ2v) is 11.5. The molecule has 0 saturated heterocycles. The molecule has 1 amide bonds. The van der Waals surface area contributed by atoms with Crippen molar-refractivity contribution in [1.29, 1.82) is 0 Å². The van der Waals surface area contributed by atoms with E-state index in [0.29, 0.717) is 47.6 Å². The highest BCUT2D eigenvalue weighted by Gasteiger charge is 2.14. The molecule has 0 aliphatic carbocycles. The molecule has 1 aromatic heterocycles. The lowest BCUT2D eigenvalue weighted by atomic mass is 10.1. The molecule has 0 bridgehead atoms. The van der Waals surface area contributed by atoms with Crippen LogP contribution in [-0.4, -0.2) is 36.2 Å².